The van der Waals surface area contributed by atoms with Crippen molar-refractivity contribution >= 4 is 5.78 Å². The van der Waals surface area contributed by atoms with Gasteiger partial charge in [-0.25, -0.2) is 0 Å². The normalized spacial score (nSPS) is 10.9. The summed E-state index contributed by atoms with van der Waals surface area (Å²) < 4.78 is 5.76. The standard InChI is InChI=1S/C19H31NO2/c1-4-6-13-20(14-7-5-2)15-8-16-22-19-11-9-18(10-12-19)17(3)21/h9-12H,4-8,13-16H2,1-3H3. The number of rotatable bonds is 12. The van der Waals surface area contributed by atoms with E-state index >= 15 is 0 Å². The van der Waals surface area contributed by atoms with E-state index < -0.39 is 0 Å². The Kier molecular flexibility index (Phi) is 9.56. The topological polar surface area (TPSA) is 29.5 Å². The van der Waals surface area contributed by atoms with E-state index in [1.54, 1.807) is 6.92 Å². The van der Waals surface area contributed by atoms with E-state index in [9.17, 15) is 4.79 Å². The molecule has 0 aliphatic rings. The molecule has 0 N–H and O–H groups in total. The summed E-state index contributed by atoms with van der Waals surface area (Å²) in [6.07, 6.45) is 6.10. The molecule has 0 spiro atoms. The van der Waals surface area contributed by atoms with E-state index in [-0.39, 0.29) is 5.78 Å². The van der Waals surface area contributed by atoms with Gasteiger partial charge in [0.05, 0.1) is 6.61 Å². The van der Waals surface area contributed by atoms with Crippen molar-refractivity contribution in [3.05, 3.63) is 29.8 Å². The molecule has 22 heavy (non-hydrogen) atoms. The fourth-order valence-electron chi connectivity index (χ4n) is 2.36. The number of unbranched alkanes of at least 4 members (excludes halogenated alkanes) is 2. The van der Waals surface area contributed by atoms with Crippen LogP contribution in [0.15, 0.2) is 24.3 Å². The van der Waals surface area contributed by atoms with E-state index in [1.165, 1.54) is 38.8 Å². The summed E-state index contributed by atoms with van der Waals surface area (Å²) in [5.74, 6) is 0.938. The molecule has 0 radical (unpaired) electrons. The van der Waals surface area contributed by atoms with Crippen molar-refractivity contribution in [1.82, 2.24) is 4.90 Å². The highest BCUT2D eigenvalue weighted by atomic mass is 16.5. The van der Waals surface area contributed by atoms with Gasteiger partial charge in [0.25, 0.3) is 0 Å². The number of hydrogen-bond donors (Lipinski definition) is 0. The summed E-state index contributed by atoms with van der Waals surface area (Å²) in [5.41, 5.74) is 0.734. The van der Waals surface area contributed by atoms with Gasteiger partial charge in [-0.2, -0.15) is 0 Å². The molecule has 0 amide bonds. The number of carbonyl (C=O) groups excluding carboxylic acids is 1. The molecule has 1 aromatic carbocycles. The minimum atomic E-state index is 0.0917. The number of hydrogen-bond acceptors (Lipinski definition) is 3. The molecule has 0 fully saturated rings. The fourth-order valence-corrected chi connectivity index (χ4v) is 2.36. The predicted octanol–water partition coefficient (Wildman–Crippen LogP) is 4.56. The second-order valence-corrected chi connectivity index (χ2v) is 5.83. The number of Topliss-reactive ketones (excluding diaryl/α,β-unsaturated/α-hetero) is 1. The van der Waals surface area contributed by atoms with Gasteiger partial charge in [0, 0.05) is 12.1 Å². The Bertz CT molecular complexity index is 406. The van der Waals surface area contributed by atoms with Crippen molar-refractivity contribution in [2.75, 3.05) is 26.2 Å². The molecule has 1 rings (SSSR count). The first-order chi connectivity index (χ1) is 10.7. The highest BCUT2D eigenvalue weighted by molar-refractivity contribution is 5.94. The van der Waals surface area contributed by atoms with Crippen LogP contribution in [0.5, 0.6) is 5.75 Å². The van der Waals surface area contributed by atoms with Crippen molar-refractivity contribution < 1.29 is 9.53 Å². The molecule has 0 aliphatic heterocycles. The van der Waals surface area contributed by atoms with Gasteiger partial charge in [0.1, 0.15) is 5.75 Å². The summed E-state index contributed by atoms with van der Waals surface area (Å²) in [6.45, 7) is 10.3. The fraction of sp³-hybridized carbons (Fsp3) is 0.632. The van der Waals surface area contributed by atoms with Crippen molar-refractivity contribution in [1.29, 1.82) is 0 Å². The highest BCUT2D eigenvalue weighted by Crippen LogP contribution is 2.13. The van der Waals surface area contributed by atoms with Crippen LogP contribution < -0.4 is 4.74 Å². The van der Waals surface area contributed by atoms with E-state index in [2.05, 4.69) is 18.7 Å². The van der Waals surface area contributed by atoms with Gasteiger partial charge in [-0.15, -0.1) is 0 Å². The van der Waals surface area contributed by atoms with E-state index in [0.717, 1.165) is 30.9 Å². The summed E-state index contributed by atoms with van der Waals surface area (Å²) in [7, 11) is 0. The van der Waals surface area contributed by atoms with Gasteiger partial charge in [-0.1, -0.05) is 26.7 Å². The summed E-state index contributed by atoms with van der Waals surface area (Å²) in [5, 5.41) is 0. The van der Waals surface area contributed by atoms with Crippen LogP contribution in [-0.4, -0.2) is 36.9 Å². The van der Waals surface area contributed by atoms with Crippen LogP contribution in [0.25, 0.3) is 0 Å². The largest absolute Gasteiger partial charge is 0.494 e. The van der Waals surface area contributed by atoms with Crippen LogP contribution in [-0.2, 0) is 0 Å². The van der Waals surface area contributed by atoms with Gasteiger partial charge in [0.15, 0.2) is 5.78 Å². The Labute approximate surface area is 135 Å². The van der Waals surface area contributed by atoms with Crippen molar-refractivity contribution in [2.45, 2.75) is 52.9 Å². The zero-order valence-corrected chi connectivity index (χ0v) is 14.4. The van der Waals surface area contributed by atoms with Crippen LogP contribution in [0.1, 0.15) is 63.2 Å². The van der Waals surface area contributed by atoms with Crippen LogP contribution in [0.4, 0.5) is 0 Å². The molecule has 0 aliphatic carbocycles. The lowest BCUT2D eigenvalue weighted by molar-refractivity contribution is 0.101. The maximum absolute atomic E-state index is 11.2. The Morgan fingerprint density at radius 1 is 0.955 bits per heavy atom. The number of ether oxygens (including phenoxy) is 1. The number of benzene rings is 1. The molecular formula is C19H31NO2. The van der Waals surface area contributed by atoms with Crippen molar-refractivity contribution in [2.24, 2.45) is 0 Å². The summed E-state index contributed by atoms with van der Waals surface area (Å²) >= 11 is 0. The number of nitrogens with zero attached hydrogens (tertiary/aromatic N) is 1. The average molecular weight is 305 g/mol. The van der Waals surface area contributed by atoms with E-state index in [4.69, 9.17) is 4.74 Å². The van der Waals surface area contributed by atoms with Gasteiger partial charge in [-0.3, -0.25) is 4.79 Å². The lowest BCUT2D eigenvalue weighted by Crippen LogP contribution is -2.28. The van der Waals surface area contributed by atoms with Crippen molar-refractivity contribution in [3.8, 4) is 5.75 Å². The monoisotopic (exact) mass is 305 g/mol. The molecule has 3 nitrogen and oxygen atoms in total. The molecule has 0 bridgehead atoms. The zero-order valence-electron chi connectivity index (χ0n) is 14.4. The van der Waals surface area contributed by atoms with Gasteiger partial charge < -0.3 is 9.64 Å². The third kappa shape index (κ3) is 7.60. The Morgan fingerprint density at radius 3 is 2.00 bits per heavy atom. The van der Waals surface area contributed by atoms with Crippen LogP contribution in [0.3, 0.4) is 0 Å². The minimum absolute atomic E-state index is 0.0917. The molecule has 124 valence electrons. The number of ketones is 1. The molecule has 1 aromatic rings. The van der Waals surface area contributed by atoms with Crippen LogP contribution >= 0.6 is 0 Å². The third-order valence-electron chi connectivity index (χ3n) is 3.80. The molecular weight excluding hydrogens is 274 g/mol. The summed E-state index contributed by atoms with van der Waals surface area (Å²) in [6, 6.07) is 7.41. The van der Waals surface area contributed by atoms with E-state index in [0.29, 0.717) is 0 Å². The van der Waals surface area contributed by atoms with Crippen LogP contribution in [0, 0.1) is 0 Å². The smallest absolute Gasteiger partial charge is 0.159 e. The second-order valence-electron chi connectivity index (χ2n) is 5.83. The van der Waals surface area contributed by atoms with Gasteiger partial charge in [-0.05, 0) is 63.5 Å². The van der Waals surface area contributed by atoms with Gasteiger partial charge >= 0.3 is 0 Å². The van der Waals surface area contributed by atoms with Crippen LogP contribution in [0.2, 0.25) is 0 Å². The molecule has 0 atom stereocenters. The molecule has 0 saturated carbocycles. The lowest BCUT2D eigenvalue weighted by Gasteiger charge is -2.21. The molecule has 0 aromatic heterocycles. The van der Waals surface area contributed by atoms with E-state index in [1.807, 2.05) is 24.3 Å². The summed E-state index contributed by atoms with van der Waals surface area (Å²) in [4.78, 5) is 13.8. The quantitative estimate of drug-likeness (QED) is 0.419. The Balaban J connectivity index is 2.27. The molecule has 3 heteroatoms. The molecule has 0 heterocycles. The predicted molar refractivity (Wildman–Crippen MR) is 92.8 cm³/mol. The first-order valence-electron chi connectivity index (χ1n) is 8.63. The zero-order chi connectivity index (χ0) is 16.2. The first-order valence-corrected chi connectivity index (χ1v) is 8.63. The first kappa shape index (κ1) is 18.7. The van der Waals surface area contributed by atoms with Crippen molar-refractivity contribution in [3.63, 3.8) is 0 Å². The maximum atomic E-state index is 11.2. The maximum Gasteiger partial charge on any atom is 0.159 e. The second kappa shape index (κ2) is 11.2. The highest BCUT2D eigenvalue weighted by Gasteiger charge is 2.04. The SMILES string of the molecule is CCCCN(CCCC)CCCOc1ccc(C(C)=O)cc1. The Morgan fingerprint density at radius 2 is 1.50 bits per heavy atom. The molecule has 0 saturated heterocycles. The molecule has 0 unspecified atom stereocenters. The average Bonchev–Trinajstić information content (AvgIpc) is 2.53. The lowest BCUT2D eigenvalue weighted by atomic mass is 10.1. The number of carbonyl (C=O) groups is 1. The third-order valence-corrected chi connectivity index (χ3v) is 3.80. The minimum Gasteiger partial charge on any atom is -0.494 e. The Hall–Kier alpha value is -1.35. The van der Waals surface area contributed by atoms with Gasteiger partial charge in [0.2, 0.25) is 0 Å².